The minimum atomic E-state index is 0.602. The van der Waals surface area contributed by atoms with E-state index in [-0.39, 0.29) is 0 Å². The van der Waals surface area contributed by atoms with Crippen molar-refractivity contribution < 1.29 is 0 Å². The molecule has 1 fully saturated rings. The zero-order valence-corrected chi connectivity index (χ0v) is 16.7. The van der Waals surface area contributed by atoms with Crippen LogP contribution in [0.5, 0.6) is 0 Å². The second-order valence-electron chi connectivity index (χ2n) is 7.25. The molecule has 3 heterocycles. The average molecular weight is 380 g/mol. The van der Waals surface area contributed by atoms with Crippen LogP contribution in [0.15, 0.2) is 35.8 Å². The Balaban J connectivity index is 1.49. The number of aryl methyl sites for hydroxylation is 2. The summed E-state index contributed by atoms with van der Waals surface area (Å²) in [6, 6.07) is 8.28. The summed E-state index contributed by atoms with van der Waals surface area (Å²) in [6.07, 6.45) is 5.75. The average Bonchev–Trinajstić information content (AvgIpc) is 3.10. The Morgan fingerprint density at radius 3 is 2.59 bits per heavy atom. The number of nitrogens with zero attached hydrogens (tertiary/aromatic N) is 4. The lowest BCUT2D eigenvalue weighted by Crippen LogP contribution is -2.29. The Kier molecular flexibility index (Phi) is 5.45. The van der Waals surface area contributed by atoms with E-state index in [0.717, 1.165) is 28.6 Å². The standard InChI is InChI=1S/C21H25N5S/c1-15-10-16(2)12-17(11-15)24-21-22-7-6-19(25-21)20-23-18(14-27-20)13-26-8-4-3-5-9-26/h6-7,10-12,14H,3-5,8-9,13H2,1-2H3,(H,22,24,25). The zero-order valence-electron chi connectivity index (χ0n) is 15.9. The molecule has 0 aliphatic carbocycles. The highest BCUT2D eigenvalue weighted by atomic mass is 32.1. The number of thiazole rings is 1. The molecule has 0 amide bonds. The SMILES string of the molecule is Cc1cc(C)cc(Nc2nccc(-c3nc(CN4CCCCC4)cs3)n2)c1. The lowest BCUT2D eigenvalue weighted by molar-refractivity contribution is 0.219. The Bertz CT molecular complexity index is 894. The molecule has 0 unspecified atom stereocenters. The molecule has 0 atom stereocenters. The van der Waals surface area contributed by atoms with Gasteiger partial charge in [-0.05, 0) is 69.1 Å². The highest BCUT2D eigenvalue weighted by Crippen LogP contribution is 2.25. The third-order valence-corrected chi connectivity index (χ3v) is 5.65. The molecule has 6 heteroatoms. The van der Waals surface area contributed by atoms with Crippen molar-refractivity contribution in [3.8, 4) is 10.7 Å². The van der Waals surface area contributed by atoms with Gasteiger partial charge in [0.25, 0.3) is 0 Å². The summed E-state index contributed by atoms with van der Waals surface area (Å²) < 4.78 is 0. The van der Waals surface area contributed by atoms with E-state index < -0.39 is 0 Å². The van der Waals surface area contributed by atoms with Crippen molar-refractivity contribution >= 4 is 23.0 Å². The molecule has 1 aromatic carbocycles. The Labute approximate surface area is 164 Å². The summed E-state index contributed by atoms with van der Waals surface area (Å²) in [5.41, 5.74) is 5.45. The number of rotatable bonds is 5. The predicted molar refractivity (Wildman–Crippen MR) is 111 cm³/mol. The second-order valence-corrected chi connectivity index (χ2v) is 8.11. The monoisotopic (exact) mass is 379 g/mol. The van der Waals surface area contributed by atoms with Gasteiger partial charge in [-0.3, -0.25) is 4.90 Å². The van der Waals surface area contributed by atoms with Crippen LogP contribution in [0.25, 0.3) is 10.7 Å². The van der Waals surface area contributed by atoms with Crippen LogP contribution in [-0.4, -0.2) is 32.9 Å². The van der Waals surface area contributed by atoms with Crippen LogP contribution in [0.3, 0.4) is 0 Å². The number of piperidine rings is 1. The lowest BCUT2D eigenvalue weighted by Gasteiger charge is -2.25. The summed E-state index contributed by atoms with van der Waals surface area (Å²) in [6.45, 7) is 7.49. The van der Waals surface area contributed by atoms with Gasteiger partial charge in [-0.1, -0.05) is 12.5 Å². The number of benzene rings is 1. The van der Waals surface area contributed by atoms with Crippen molar-refractivity contribution in [2.45, 2.75) is 39.7 Å². The van der Waals surface area contributed by atoms with Crippen molar-refractivity contribution in [1.29, 1.82) is 0 Å². The number of nitrogens with one attached hydrogen (secondary N) is 1. The van der Waals surface area contributed by atoms with Crippen LogP contribution in [0, 0.1) is 13.8 Å². The summed E-state index contributed by atoms with van der Waals surface area (Å²) in [4.78, 5) is 16.3. The van der Waals surface area contributed by atoms with Gasteiger partial charge in [0.1, 0.15) is 10.7 Å². The Hall–Kier alpha value is -2.31. The molecule has 27 heavy (non-hydrogen) atoms. The van der Waals surface area contributed by atoms with E-state index in [9.17, 15) is 0 Å². The molecule has 2 aromatic heterocycles. The van der Waals surface area contributed by atoms with Crippen molar-refractivity contribution in [2.75, 3.05) is 18.4 Å². The summed E-state index contributed by atoms with van der Waals surface area (Å²) >= 11 is 1.66. The maximum atomic E-state index is 4.81. The van der Waals surface area contributed by atoms with Crippen LogP contribution in [-0.2, 0) is 6.54 Å². The maximum absolute atomic E-state index is 4.81. The fourth-order valence-electron chi connectivity index (χ4n) is 3.56. The lowest BCUT2D eigenvalue weighted by atomic mass is 10.1. The number of hydrogen-bond acceptors (Lipinski definition) is 6. The minimum absolute atomic E-state index is 0.602. The van der Waals surface area contributed by atoms with E-state index in [2.05, 4.69) is 57.6 Å². The third kappa shape index (κ3) is 4.70. The first-order chi connectivity index (χ1) is 13.2. The van der Waals surface area contributed by atoms with E-state index in [1.54, 1.807) is 17.5 Å². The number of aromatic nitrogens is 3. The first-order valence-electron chi connectivity index (χ1n) is 9.51. The van der Waals surface area contributed by atoms with Gasteiger partial charge in [-0.25, -0.2) is 15.0 Å². The third-order valence-electron chi connectivity index (χ3n) is 4.74. The maximum Gasteiger partial charge on any atom is 0.227 e. The van der Waals surface area contributed by atoms with Gasteiger partial charge in [-0.15, -0.1) is 11.3 Å². The summed E-state index contributed by atoms with van der Waals surface area (Å²) in [5, 5.41) is 6.42. The van der Waals surface area contributed by atoms with Crippen LogP contribution in [0.1, 0.15) is 36.1 Å². The van der Waals surface area contributed by atoms with E-state index in [4.69, 9.17) is 4.98 Å². The fraction of sp³-hybridized carbons (Fsp3) is 0.381. The first kappa shape index (κ1) is 18.1. The molecule has 5 nitrogen and oxygen atoms in total. The molecule has 1 saturated heterocycles. The molecule has 0 spiro atoms. The summed E-state index contributed by atoms with van der Waals surface area (Å²) in [7, 11) is 0. The molecular weight excluding hydrogens is 354 g/mol. The quantitative estimate of drug-likeness (QED) is 0.680. The molecule has 140 valence electrons. The molecule has 0 radical (unpaired) electrons. The molecule has 0 bridgehead atoms. The van der Waals surface area contributed by atoms with Gasteiger partial charge in [0.2, 0.25) is 5.95 Å². The van der Waals surface area contributed by atoms with Crippen molar-refractivity contribution in [2.24, 2.45) is 0 Å². The van der Waals surface area contributed by atoms with Gasteiger partial charge < -0.3 is 5.32 Å². The van der Waals surface area contributed by atoms with Crippen LogP contribution in [0.4, 0.5) is 11.6 Å². The molecule has 4 rings (SSSR count). The molecule has 1 N–H and O–H groups in total. The first-order valence-corrected chi connectivity index (χ1v) is 10.4. The molecular formula is C21H25N5S. The second kappa shape index (κ2) is 8.15. The van der Waals surface area contributed by atoms with Crippen LogP contribution < -0.4 is 5.32 Å². The normalized spacial score (nSPS) is 15.0. The van der Waals surface area contributed by atoms with Gasteiger partial charge in [0, 0.05) is 23.8 Å². The Morgan fingerprint density at radius 2 is 1.81 bits per heavy atom. The van der Waals surface area contributed by atoms with Gasteiger partial charge in [0.15, 0.2) is 0 Å². The minimum Gasteiger partial charge on any atom is -0.324 e. The topological polar surface area (TPSA) is 53.9 Å². The molecule has 1 aliphatic rings. The largest absolute Gasteiger partial charge is 0.324 e. The van der Waals surface area contributed by atoms with E-state index >= 15 is 0 Å². The van der Waals surface area contributed by atoms with E-state index in [1.807, 2.05) is 6.07 Å². The Morgan fingerprint density at radius 1 is 1.04 bits per heavy atom. The zero-order chi connectivity index (χ0) is 18.6. The highest BCUT2D eigenvalue weighted by Gasteiger charge is 2.13. The molecule has 1 aliphatic heterocycles. The van der Waals surface area contributed by atoms with Crippen molar-refractivity contribution in [3.05, 3.63) is 52.7 Å². The molecule has 0 saturated carbocycles. The van der Waals surface area contributed by atoms with Crippen LogP contribution >= 0.6 is 11.3 Å². The smallest absolute Gasteiger partial charge is 0.227 e. The van der Waals surface area contributed by atoms with E-state index in [0.29, 0.717) is 5.95 Å². The van der Waals surface area contributed by atoms with Gasteiger partial charge >= 0.3 is 0 Å². The number of anilines is 2. The van der Waals surface area contributed by atoms with Crippen molar-refractivity contribution in [3.63, 3.8) is 0 Å². The number of likely N-dealkylation sites (tertiary alicyclic amines) is 1. The highest BCUT2D eigenvalue weighted by molar-refractivity contribution is 7.13. The van der Waals surface area contributed by atoms with Crippen molar-refractivity contribution in [1.82, 2.24) is 19.9 Å². The van der Waals surface area contributed by atoms with Gasteiger partial charge in [-0.2, -0.15) is 0 Å². The van der Waals surface area contributed by atoms with Gasteiger partial charge in [0.05, 0.1) is 5.69 Å². The summed E-state index contributed by atoms with van der Waals surface area (Å²) in [5.74, 6) is 0.602. The fourth-order valence-corrected chi connectivity index (χ4v) is 4.34. The molecule has 3 aromatic rings. The van der Waals surface area contributed by atoms with E-state index in [1.165, 1.54) is 43.5 Å². The number of hydrogen-bond donors (Lipinski definition) is 1. The van der Waals surface area contributed by atoms with Crippen LogP contribution in [0.2, 0.25) is 0 Å². The predicted octanol–water partition coefficient (Wildman–Crippen LogP) is 4.95.